The Bertz CT molecular complexity index is 849. The number of rotatable bonds is 5. The van der Waals surface area contributed by atoms with E-state index in [1.807, 2.05) is 0 Å². The highest BCUT2D eigenvalue weighted by Gasteiger charge is 2.49. The molecule has 0 radical (unpaired) electrons. The fraction of sp³-hybridized carbons (Fsp3) is 0.385. The van der Waals surface area contributed by atoms with Crippen molar-refractivity contribution in [1.29, 1.82) is 0 Å². The molecule has 1 aliphatic heterocycles. The van der Waals surface area contributed by atoms with Crippen molar-refractivity contribution < 1.29 is 48.9 Å². The van der Waals surface area contributed by atoms with Crippen LogP contribution in [0.5, 0.6) is 5.75 Å². The molecule has 0 aromatic heterocycles. The summed E-state index contributed by atoms with van der Waals surface area (Å²) in [5, 5.41) is 2.37. The molecule has 0 saturated carbocycles. The van der Waals surface area contributed by atoms with E-state index < -0.39 is 56.8 Å². The average molecular weight is 418 g/mol. The molecule has 1 saturated heterocycles. The summed E-state index contributed by atoms with van der Waals surface area (Å²) in [6.07, 6.45) is -1.87. The Morgan fingerprint density at radius 3 is 2.37 bits per heavy atom. The van der Waals surface area contributed by atoms with Crippen LogP contribution in [0.3, 0.4) is 0 Å². The lowest BCUT2D eigenvalue weighted by Gasteiger charge is -2.16. The molecule has 2 rings (SSSR count). The highest BCUT2D eigenvalue weighted by Crippen LogP contribution is 2.33. The number of alkyl halides is 3. The summed E-state index contributed by atoms with van der Waals surface area (Å²) >= 11 is 0. The molecule has 0 aliphatic carbocycles. The van der Waals surface area contributed by atoms with Crippen molar-refractivity contribution in [1.82, 2.24) is 5.32 Å². The number of carbonyl (C=O) groups is 2. The minimum Gasteiger partial charge on any atom is -0.442 e. The Labute approximate surface area is 149 Å². The second kappa shape index (κ2) is 7.17. The molecule has 0 bridgehead atoms. The number of benzene rings is 1. The van der Waals surface area contributed by atoms with Crippen molar-refractivity contribution in [2.45, 2.75) is 18.5 Å². The lowest BCUT2D eigenvalue weighted by Crippen LogP contribution is -2.33. The van der Waals surface area contributed by atoms with Crippen molar-refractivity contribution in [2.24, 2.45) is 0 Å². The van der Waals surface area contributed by atoms with Crippen LogP contribution in [0.25, 0.3) is 0 Å². The van der Waals surface area contributed by atoms with Crippen LogP contribution in [-0.2, 0) is 19.6 Å². The Balaban J connectivity index is 2.24. The maximum Gasteiger partial charge on any atom is 0.534 e. The maximum absolute atomic E-state index is 13.9. The second-order valence-corrected chi connectivity index (χ2v) is 6.81. The summed E-state index contributed by atoms with van der Waals surface area (Å²) in [6, 6.07) is 0.818. The first-order valence-electron chi connectivity index (χ1n) is 7.04. The van der Waals surface area contributed by atoms with E-state index in [1.165, 1.54) is 6.92 Å². The van der Waals surface area contributed by atoms with E-state index in [-0.39, 0.29) is 13.1 Å². The van der Waals surface area contributed by atoms with Gasteiger partial charge in [0.1, 0.15) is 6.10 Å². The minimum absolute atomic E-state index is 0.0758. The number of nitrogens with zero attached hydrogens (tertiary/aromatic N) is 1. The van der Waals surface area contributed by atoms with Crippen LogP contribution in [0.2, 0.25) is 0 Å². The summed E-state index contributed by atoms with van der Waals surface area (Å²) in [5.74, 6) is -5.76. The van der Waals surface area contributed by atoms with Crippen molar-refractivity contribution in [3.05, 3.63) is 23.8 Å². The third-order valence-electron chi connectivity index (χ3n) is 3.22. The summed E-state index contributed by atoms with van der Waals surface area (Å²) in [7, 11) is -6.29. The fourth-order valence-electron chi connectivity index (χ4n) is 2.04. The zero-order valence-corrected chi connectivity index (χ0v) is 14.2. The Kier molecular flexibility index (Phi) is 5.49. The van der Waals surface area contributed by atoms with E-state index in [9.17, 15) is 40.0 Å². The first kappa shape index (κ1) is 20.7. The molecule has 14 heteroatoms. The summed E-state index contributed by atoms with van der Waals surface area (Å²) < 4.78 is 94.8. The van der Waals surface area contributed by atoms with Gasteiger partial charge in [0.15, 0.2) is 11.6 Å². The quantitative estimate of drug-likeness (QED) is 0.443. The van der Waals surface area contributed by atoms with Gasteiger partial charge in [0, 0.05) is 19.1 Å². The van der Waals surface area contributed by atoms with Crippen molar-refractivity contribution >= 4 is 27.8 Å². The summed E-state index contributed by atoms with van der Waals surface area (Å²) in [5.41, 5.74) is -6.34. The summed E-state index contributed by atoms with van der Waals surface area (Å²) in [6.45, 7) is 0.916. The first-order chi connectivity index (χ1) is 12.3. The Hall–Kier alpha value is -2.64. The van der Waals surface area contributed by atoms with Crippen LogP contribution < -0.4 is 14.4 Å². The smallest absolute Gasteiger partial charge is 0.442 e. The molecule has 1 N–H and O–H groups in total. The van der Waals surface area contributed by atoms with Crippen LogP contribution in [0, 0.1) is 11.6 Å². The van der Waals surface area contributed by atoms with E-state index in [1.54, 1.807) is 0 Å². The van der Waals surface area contributed by atoms with Gasteiger partial charge in [-0.1, -0.05) is 0 Å². The minimum atomic E-state index is -6.29. The van der Waals surface area contributed by atoms with Crippen LogP contribution in [0.15, 0.2) is 12.1 Å². The number of cyclic esters (lactones) is 1. The van der Waals surface area contributed by atoms with Gasteiger partial charge in [-0.3, -0.25) is 9.69 Å². The van der Waals surface area contributed by atoms with Crippen LogP contribution in [-0.4, -0.2) is 45.1 Å². The number of halogens is 5. The molecule has 1 aromatic carbocycles. The number of ether oxygens (including phenoxy) is 1. The van der Waals surface area contributed by atoms with Crippen molar-refractivity contribution in [3.63, 3.8) is 0 Å². The van der Waals surface area contributed by atoms with Crippen molar-refractivity contribution in [2.75, 3.05) is 18.0 Å². The highest BCUT2D eigenvalue weighted by atomic mass is 32.2. The van der Waals surface area contributed by atoms with Gasteiger partial charge in [-0.2, -0.15) is 21.6 Å². The zero-order chi connectivity index (χ0) is 20.6. The average Bonchev–Trinajstić information content (AvgIpc) is 2.88. The van der Waals surface area contributed by atoms with Crippen molar-refractivity contribution in [3.8, 4) is 5.75 Å². The molecular weight excluding hydrogens is 407 g/mol. The van der Waals surface area contributed by atoms with Gasteiger partial charge in [0.05, 0.1) is 18.8 Å². The van der Waals surface area contributed by atoms with E-state index in [2.05, 4.69) is 9.50 Å². The van der Waals surface area contributed by atoms with Gasteiger partial charge in [-0.15, -0.1) is 0 Å². The molecule has 27 heavy (non-hydrogen) atoms. The molecule has 1 heterocycles. The monoisotopic (exact) mass is 418 g/mol. The predicted octanol–water partition coefficient (Wildman–Crippen LogP) is 1.65. The number of hydrogen-bond donors (Lipinski definition) is 1. The zero-order valence-electron chi connectivity index (χ0n) is 13.3. The molecule has 1 aliphatic rings. The SMILES string of the molecule is CC(=O)NC[C@H]1CN(c2cc(F)c(OS(=O)(=O)C(F)(F)F)c(F)c2)C(=O)O1. The van der Waals surface area contributed by atoms with E-state index in [4.69, 9.17) is 4.74 Å². The lowest BCUT2D eigenvalue weighted by molar-refractivity contribution is -0.119. The second-order valence-electron chi connectivity index (χ2n) is 5.28. The van der Waals surface area contributed by atoms with Gasteiger partial charge in [-0.25, -0.2) is 13.6 Å². The fourth-order valence-corrected chi connectivity index (χ4v) is 2.51. The van der Waals surface area contributed by atoms with E-state index >= 15 is 0 Å². The number of carbonyl (C=O) groups excluding carboxylic acids is 2. The number of hydrogen-bond acceptors (Lipinski definition) is 6. The Morgan fingerprint density at radius 2 is 1.89 bits per heavy atom. The van der Waals surface area contributed by atoms with Gasteiger partial charge >= 0.3 is 21.7 Å². The molecule has 0 unspecified atom stereocenters. The van der Waals surface area contributed by atoms with Gasteiger partial charge < -0.3 is 14.2 Å². The van der Waals surface area contributed by atoms with E-state index in [0.717, 1.165) is 4.90 Å². The molecule has 2 amide bonds. The Morgan fingerprint density at radius 1 is 1.33 bits per heavy atom. The molecule has 8 nitrogen and oxygen atoms in total. The molecule has 1 fully saturated rings. The molecule has 0 spiro atoms. The third-order valence-corrected chi connectivity index (χ3v) is 4.18. The first-order valence-corrected chi connectivity index (χ1v) is 8.45. The molecular formula is C13H11F5N2O6S. The predicted molar refractivity (Wildman–Crippen MR) is 78.3 cm³/mol. The lowest BCUT2D eigenvalue weighted by atomic mass is 10.2. The highest BCUT2D eigenvalue weighted by molar-refractivity contribution is 7.88. The molecule has 150 valence electrons. The van der Waals surface area contributed by atoms with E-state index in [0.29, 0.717) is 12.1 Å². The number of amides is 2. The summed E-state index contributed by atoms with van der Waals surface area (Å²) in [4.78, 5) is 23.4. The standard InChI is InChI=1S/C13H11F5N2O6S/c1-6(21)19-4-8-5-20(12(22)25-8)7-2-9(14)11(10(15)3-7)26-27(23,24)13(16,17)18/h2-3,8H,4-5H2,1H3,(H,19,21)/t8-/m0/s1. The molecule has 1 atom stereocenters. The van der Waals surface area contributed by atoms with Crippen LogP contribution in [0.1, 0.15) is 6.92 Å². The van der Waals surface area contributed by atoms with Gasteiger partial charge in [0.2, 0.25) is 11.7 Å². The van der Waals surface area contributed by atoms with Gasteiger partial charge in [-0.05, 0) is 0 Å². The van der Waals surface area contributed by atoms with Crippen LogP contribution >= 0.6 is 0 Å². The normalized spacial score (nSPS) is 17.6. The third kappa shape index (κ3) is 4.56. The largest absolute Gasteiger partial charge is 0.534 e. The number of nitrogens with one attached hydrogen (secondary N) is 1. The molecule has 1 aromatic rings. The van der Waals surface area contributed by atoms with Crippen LogP contribution in [0.4, 0.5) is 32.4 Å². The topological polar surface area (TPSA) is 102 Å². The maximum atomic E-state index is 13.9. The number of anilines is 1. The van der Waals surface area contributed by atoms with Gasteiger partial charge in [0.25, 0.3) is 0 Å².